The van der Waals surface area contributed by atoms with E-state index in [1.54, 1.807) is 6.92 Å². The van der Waals surface area contributed by atoms with Gasteiger partial charge in [-0.2, -0.15) is 0 Å². The summed E-state index contributed by atoms with van der Waals surface area (Å²) < 4.78 is 49.9. The first-order chi connectivity index (χ1) is 7.97. The van der Waals surface area contributed by atoms with Crippen molar-refractivity contribution in [1.29, 1.82) is 0 Å². The second kappa shape index (κ2) is 6.23. The van der Waals surface area contributed by atoms with Crippen LogP contribution in [0.5, 0.6) is 0 Å². The van der Waals surface area contributed by atoms with Gasteiger partial charge >= 0.3 is 0 Å². The van der Waals surface area contributed by atoms with Gasteiger partial charge in [-0.1, -0.05) is 19.1 Å². The zero-order chi connectivity index (χ0) is 12.9. The van der Waals surface area contributed by atoms with Gasteiger partial charge in [0, 0.05) is 28.9 Å². The standard InChI is InChI=1S/C10H14FNO3S2/c1-2-16(13)8-7-12-17(14,15)10-6-4-3-5-9(10)11/h3-6,12H,2,7-8H2,1H3. The molecule has 0 spiro atoms. The molecule has 0 saturated heterocycles. The fourth-order valence-electron chi connectivity index (χ4n) is 1.17. The summed E-state index contributed by atoms with van der Waals surface area (Å²) in [6, 6.07) is 5.13. The molecule has 0 aromatic heterocycles. The van der Waals surface area contributed by atoms with E-state index in [-0.39, 0.29) is 17.2 Å². The van der Waals surface area contributed by atoms with Crippen LogP contribution in [-0.2, 0) is 20.8 Å². The van der Waals surface area contributed by atoms with E-state index < -0.39 is 26.6 Å². The van der Waals surface area contributed by atoms with E-state index in [0.29, 0.717) is 5.75 Å². The number of hydrogen-bond acceptors (Lipinski definition) is 3. The topological polar surface area (TPSA) is 63.2 Å². The molecule has 0 fully saturated rings. The highest BCUT2D eigenvalue weighted by molar-refractivity contribution is 7.89. The Hall–Kier alpha value is -0.790. The normalized spacial score (nSPS) is 13.5. The van der Waals surface area contributed by atoms with Crippen LogP contribution in [0.25, 0.3) is 0 Å². The largest absolute Gasteiger partial charge is 0.260 e. The predicted molar refractivity (Wildman–Crippen MR) is 65.1 cm³/mol. The maximum absolute atomic E-state index is 13.3. The lowest BCUT2D eigenvalue weighted by Gasteiger charge is -2.06. The lowest BCUT2D eigenvalue weighted by atomic mass is 10.4. The van der Waals surface area contributed by atoms with Gasteiger partial charge < -0.3 is 0 Å². The van der Waals surface area contributed by atoms with E-state index in [0.717, 1.165) is 6.07 Å². The quantitative estimate of drug-likeness (QED) is 0.840. The smallest absolute Gasteiger partial charge is 0.243 e. The molecule has 1 rings (SSSR count). The van der Waals surface area contributed by atoms with Crippen molar-refractivity contribution >= 4 is 20.8 Å². The molecule has 1 atom stereocenters. The molecule has 1 unspecified atom stereocenters. The van der Waals surface area contributed by atoms with Crippen LogP contribution in [0, 0.1) is 5.82 Å². The summed E-state index contributed by atoms with van der Waals surface area (Å²) in [4.78, 5) is -0.387. The van der Waals surface area contributed by atoms with Gasteiger partial charge in [0.1, 0.15) is 10.7 Å². The van der Waals surface area contributed by atoms with Crippen molar-refractivity contribution in [2.45, 2.75) is 11.8 Å². The zero-order valence-electron chi connectivity index (χ0n) is 9.35. The first-order valence-electron chi connectivity index (χ1n) is 5.06. The first-order valence-corrected chi connectivity index (χ1v) is 8.03. The van der Waals surface area contributed by atoms with E-state index in [4.69, 9.17) is 0 Å². The Morgan fingerprint density at radius 3 is 2.59 bits per heavy atom. The SMILES string of the molecule is CCS(=O)CCNS(=O)(=O)c1ccccc1F. The molecule has 17 heavy (non-hydrogen) atoms. The lowest BCUT2D eigenvalue weighted by Crippen LogP contribution is -2.28. The maximum atomic E-state index is 13.3. The van der Waals surface area contributed by atoms with Crippen molar-refractivity contribution in [3.63, 3.8) is 0 Å². The van der Waals surface area contributed by atoms with Crippen LogP contribution in [0.15, 0.2) is 29.2 Å². The molecule has 0 aliphatic rings. The average molecular weight is 279 g/mol. The number of nitrogens with one attached hydrogen (secondary N) is 1. The Balaban J connectivity index is 2.70. The van der Waals surface area contributed by atoms with Crippen LogP contribution in [0.4, 0.5) is 4.39 Å². The molecule has 0 aliphatic heterocycles. The molecule has 0 radical (unpaired) electrons. The van der Waals surface area contributed by atoms with Gasteiger partial charge in [0.25, 0.3) is 0 Å². The predicted octanol–water partition coefficient (Wildman–Crippen LogP) is 0.873. The van der Waals surface area contributed by atoms with Crippen LogP contribution >= 0.6 is 0 Å². The fourth-order valence-corrected chi connectivity index (χ4v) is 3.03. The third kappa shape index (κ3) is 4.18. The second-order valence-electron chi connectivity index (χ2n) is 3.26. The van der Waals surface area contributed by atoms with Crippen LogP contribution in [-0.4, -0.2) is 30.7 Å². The molecule has 96 valence electrons. The summed E-state index contributed by atoms with van der Waals surface area (Å²) in [5, 5.41) is 0. The third-order valence-electron chi connectivity index (χ3n) is 2.07. The molecule has 1 N–H and O–H groups in total. The monoisotopic (exact) mass is 279 g/mol. The molecular weight excluding hydrogens is 265 g/mol. The highest BCUT2D eigenvalue weighted by Gasteiger charge is 2.17. The minimum Gasteiger partial charge on any atom is -0.260 e. The zero-order valence-corrected chi connectivity index (χ0v) is 11.0. The molecular formula is C10H14FNO3S2. The molecule has 0 heterocycles. The number of sulfonamides is 1. The van der Waals surface area contributed by atoms with Crippen molar-refractivity contribution in [3.8, 4) is 0 Å². The second-order valence-corrected chi connectivity index (χ2v) is 6.86. The van der Waals surface area contributed by atoms with Crippen LogP contribution in [0.2, 0.25) is 0 Å². The highest BCUT2D eigenvalue weighted by atomic mass is 32.2. The first kappa shape index (κ1) is 14.3. The van der Waals surface area contributed by atoms with Crippen molar-refractivity contribution < 1.29 is 17.0 Å². The van der Waals surface area contributed by atoms with Crippen LogP contribution < -0.4 is 4.72 Å². The summed E-state index contributed by atoms with van der Waals surface area (Å²) >= 11 is 0. The molecule has 0 aliphatic carbocycles. The Morgan fingerprint density at radius 1 is 1.35 bits per heavy atom. The van der Waals surface area contributed by atoms with Gasteiger partial charge in [-0.15, -0.1) is 0 Å². The molecule has 0 bridgehead atoms. The Labute approximate surface area is 103 Å². The summed E-state index contributed by atoms with van der Waals surface area (Å²) in [6.45, 7) is 1.79. The van der Waals surface area contributed by atoms with E-state index in [2.05, 4.69) is 4.72 Å². The number of hydrogen-bond donors (Lipinski definition) is 1. The van der Waals surface area contributed by atoms with Crippen LogP contribution in [0.1, 0.15) is 6.92 Å². The van der Waals surface area contributed by atoms with Gasteiger partial charge in [0.2, 0.25) is 10.0 Å². The summed E-state index contributed by atoms with van der Waals surface area (Å²) in [5.74, 6) is -0.0948. The minimum atomic E-state index is -3.85. The Morgan fingerprint density at radius 2 is 2.00 bits per heavy atom. The lowest BCUT2D eigenvalue weighted by molar-refractivity contribution is 0.558. The van der Waals surface area contributed by atoms with E-state index in [1.165, 1.54) is 18.2 Å². The van der Waals surface area contributed by atoms with Crippen LogP contribution in [0.3, 0.4) is 0 Å². The van der Waals surface area contributed by atoms with E-state index >= 15 is 0 Å². The van der Waals surface area contributed by atoms with Gasteiger partial charge in [-0.3, -0.25) is 4.21 Å². The van der Waals surface area contributed by atoms with Gasteiger partial charge in [-0.05, 0) is 12.1 Å². The summed E-state index contributed by atoms with van der Waals surface area (Å²) in [6.07, 6.45) is 0. The number of benzene rings is 1. The molecule has 1 aromatic rings. The van der Waals surface area contributed by atoms with Gasteiger partial charge in [-0.25, -0.2) is 17.5 Å². The summed E-state index contributed by atoms with van der Waals surface area (Å²) in [7, 11) is -4.90. The van der Waals surface area contributed by atoms with Crippen molar-refractivity contribution in [2.24, 2.45) is 0 Å². The Bertz CT molecular complexity index is 502. The van der Waals surface area contributed by atoms with Gasteiger partial charge in [0.15, 0.2) is 0 Å². The van der Waals surface area contributed by atoms with Crippen molar-refractivity contribution in [3.05, 3.63) is 30.1 Å². The van der Waals surface area contributed by atoms with Crippen molar-refractivity contribution in [1.82, 2.24) is 4.72 Å². The van der Waals surface area contributed by atoms with Crippen molar-refractivity contribution in [2.75, 3.05) is 18.1 Å². The van der Waals surface area contributed by atoms with Gasteiger partial charge in [0.05, 0.1) is 0 Å². The molecule has 1 aromatic carbocycles. The van der Waals surface area contributed by atoms with E-state index in [9.17, 15) is 17.0 Å². The molecule has 0 saturated carbocycles. The molecule has 0 amide bonds. The maximum Gasteiger partial charge on any atom is 0.243 e. The Kier molecular flexibility index (Phi) is 5.23. The minimum absolute atomic E-state index is 0.0388. The summed E-state index contributed by atoms with van der Waals surface area (Å²) in [5.41, 5.74) is 0. The highest BCUT2D eigenvalue weighted by Crippen LogP contribution is 2.12. The average Bonchev–Trinajstić information content (AvgIpc) is 2.28. The third-order valence-corrected chi connectivity index (χ3v) is 4.87. The van der Waals surface area contributed by atoms with E-state index in [1.807, 2.05) is 0 Å². The fraction of sp³-hybridized carbons (Fsp3) is 0.400. The number of halogens is 1. The molecule has 7 heteroatoms. The molecule has 4 nitrogen and oxygen atoms in total. The number of rotatable bonds is 6.